The Bertz CT molecular complexity index is 1100. The molecule has 1 amide bonds. The van der Waals surface area contributed by atoms with E-state index in [1.165, 1.54) is 43.3 Å². The number of aryl methyl sites for hydroxylation is 1. The molecule has 0 fully saturated rings. The van der Waals surface area contributed by atoms with E-state index in [0.717, 1.165) is 16.6 Å². The zero-order valence-corrected chi connectivity index (χ0v) is 18.3. The molecule has 11 heteroatoms. The number of benzene rings is 2. The summed E-state index contributed by atoms with van der Waals surface area (Å²) in [4.78, 5) is 35.0. The number of non-ortho nitro benzene ring substituents is 1. The number of esters is 1. The van der Waals surface area contributed by atoms with Crippen molar-refractivity contribution in [3.05, 3.63) is 63.7 Å². The molecule has 0 radical (unpaired) electrons. The lowest BCUT2D eigenvalue weighted by molar-refractivity contribution is -0.384. The molecule has 0 heterocycles. The molecule has 1 N–H and O–H groups in total. The van der Waals surface area contributed by atoms with Gasteiger partial charge in [-0.2, -0.15) is 0 Å². The Morgan fingerprint density at radius 1 is 1.19 bits per heavy atom. The summed E-state index contributed by atoms with van der Waals surface area (Å²) in [6.07, 6.45) is 0.920. The lowest BCUT2D eigenvalue weighted by Gasteiger charge is -2.29. The fourth-order valence-electron chi connectivity index (χ4n) is 2.88. The van der Waals surface area contributed by atoms with E-state index in [2.05, 4.69) is 5.32 Å². The van der Waals surface area contributed by atoms with Crippen LogP contribution in [-0.2, 0) is 19.6 Å². The molecule has 1 unspecified atom stereocenters. The van der Waals surface area contributed by atoms with Crippen LogP contribution in [0, 0.1) is 17.0 Å². The second kappa shape index (κ2) is 9.56. The van der Waals surface area contributed by atoms with Crippen molar-refractivity contribution in [3.8, 4) is 0 Å². The maximum Gasteiger partial charge on any atom is 0.338 e. The van der Waals surface area contributed by atoms with E-state index >= 15 is 0 Å². The highest BCUT2D eigenvalue weighted by Gasteiger charge is 2.31. The van der Waals surface area contributed by atoms with E-state index in [4.69, 9.17) is 4.74 Å². The third kappa shape index (κ3) is 5.79. The van der Waals surface area contributed by atoms with Gasteiger partial charge in [-0.05, 0) is 50.6 Å². The van der Waals surface area contributed by atoms with Gasteiger partial charge in [0.2, 0.25) is 15.9 Å². The van der Waals surface area contributed by atoms with Crippen molar-refractivity contribution < 1.29 is 27.7 Å². The summed E-state index contributed by atoms with van der Waals surface area (Å²) < 4.78 is 30.7. The Balaban J connectivity index is 2.32. The number of anilines is 2. The van der Waals surface area contributed by atoms with Crippen molar-refractivity contribution in [3.63, 3.8) is 0 Å². The van der Waals surface area contributed by atoms with Gasteiger partial charge in [0.15, 0.2) is 0 Å². The monoisotopic (exact) mass is 449 g/mol. The smallest absolute Gasteiger partial charge is 0.338 e. The van der Waals surface area contributed by atoms with Crippen molar-refractivity contribution in [1.82, 2.24) is 0 Å². The number of nitro groups is 1. The Labute approximate surface area is 180 Å². The van der Waals surface area contributed by atoms with Crippen molar-refractivity contribution in [1.29, 1.82) is 0 Å². The summed E-state index contributed by atoms with van der Waals surface area (Å²) in [5.74, 6) is -1.15. The maximum absolute atomic E-state index is 12.8. The van der Waals surface area contributed by atoms with Gasteiger partial charge in [0.25, 0.3) is 5.69 Å². The average Bonchev–Trinajstić information content (AvgIpc) is 2.69. The first-order valence-corrected chi connectivity index (χ1v) is 11.1. The van der Waals surface area contributed by atoms with Gasteiger partial charge < -0.3 is 10.1 Å². The molecule has 0 aromatic heterocycles. The van der Waals surface area contributed by atoms with Gasteiger partial charge in [-0.15, -0.1) is 0 Å². The molecule has 2 aromatic rings. The highest BCUT2D eigenvalue weighted by Crippen LogP contribution is 2.29. The molecule has 0 bridgehead atoms. The number of sulfonamides is 1. The van der Waals surface area contributed by atoms with E-state index in [1.807, 2.05) is 0 Å². The van der Waals surface area contributed by atoms with Gasteiger partial charge in [0, 0.05) is 17.8 Å². The number of amides is 1. The predicted molar refractivity (Wildman–Crippen MR) is 116 cm³/mol. The summed E-state index contributed by atoms with van der Waals surface area (Å²) in [6, 6.07) is 8.50. The SMILES string of the molecule is CCOC(=O)c1ccc(NC(=O)C(C)N(c2cc([N+](=O)[O-])ccc2C)S(C)(=O)=O)cc1. The van der Waals surface area contributed by atoms with Crippen LogP contribution < -0.4 is 9.62 Å². The lowest BCUT2D eigenvalue weighted by atomic mass is 10.1. The number of nitrogens with zero attached hydrogens (tertiary/aromatic N) is 2. The quantitative estimate of drug-likeness (QED) is 0.372. The number of hydrogen-bond donors (Lipinski definition) is 1. The largest absolute Gasteiger partial charge is 0.462 e. The van der Waals surface area contributed by atoms with Crippen LogP contribution in [0.4, 0.5) is 17.1 Å². The Kier molecular flexibility index (Phi) is 7.34. The summed E-state index contributed by atoms with van der Waals surface area (Å²) in [6.45, 7) is 4.88. The first kappa shape index (κ1) is 23.8. The molecular formula is C20H23N3O7S. The van der Waals surface area contributed by atoms with Crippen LogP contribution in [0.1, 0.15) is 29.8 Å². The fraction of sp³-hybridized carbons (Fsp3) is 0.300. The summed E-state index contributed by atoms with van der Waals surface area (Å²) in [5.41, 5.74) is 0.842. The zero-order valence-electron chi connectivity index (χ0n) is 17.5. The number of carbonyl (C=O) groups excluding carboxylic acids is 2. The van der Waals surface area contributed by atoms with Crippen LogP contribution in [0.25, 0.3) is 0 Å². The minimum absolute atomic E-state index is 0.0389. The second-order valence-electron chi connectivity index (χ2n) is 6.75. The van der Waals surface area contributed by atoms with E-state index in [1.54, 1.807) is 13.8 Å². The molecular weight excluding hydrogens is 426 g/mol. The topological polar surface area (TPSA) is 136 Å². The fourth-order valence-corrected chi connectivity index (χ4v) is 4.10. The predicted octanol–water partition coefficient (Wildman–Crippen LogP) is 2.87. The zero-order chi connectivity index (χ0) is 23.3. The normalized spacial score (nSPS) is 12.0. The number of nitrogens with one attached hydrogen (secondary N) is 1. The van der Waals surface area contributed by atoms with Crippen LogP contribution in [0.5, 0.6) is 0 Å². The first-order valence-electron chi connectivity index (χ1n) is 9.28. The van der Waals surface area contributed by atoms with Crippen molar-refractivity contribution in [2.75, 3.05) is 22.5 Å². The second-order valence-corrected chi connectivity index (χ2v) is 8.61. The van der Waals surface area contributed by atoms with Crippen molar-refractivity contribution in [2.45, 2.75) is 26.8 Å². The van der Waals surface area contributed by atoms with Gasteiger partial charge >= 0.3 is 5.97 Å². The molecule has 1 atom stereocenters. The molecule has 0 aliphatic rings. The summed E-state index contributed by atoms with van der Waals surface area (Å²) >= 11 is 0. The van der Waals surface area contributed by atoms with Crippen LogP contribution >= 0.6 is 0 Å². The Hall–Kier alpha value is -3.47. The third-order valence-corrected chi connectivity index (χ3v) is 5.62. The van der Waals surface area contributed by atoms with E-state index in [0.29, 0.717) is 16.8 Å². The Morgan fingerprint density at radius 2 is 1.81 bits per heavy atom. The molecule has 2 aromatic carbocycles. The number of nitro benzene ring substituents is 1. The average molecular weight is 449 g/mol. The van der Waals surface area contributed by atoms with Crippen molar-refractivity contribution in [2.24, 2.45) is 0 Å². The number of hydrogen-bond acceptors (Lipinski definition) is 7. The number of carbonyl (C=O) groups is 2. The number of ether oxygens (including phenoxy) is 1. The molecule has 166 valence electrons. The summed E-state index contributed by atoms with van der Waals surface area (Å²) in [5, 5.41) is 13.7. The standard InChI is InChI=1S/C20H23N3O7S/c1-5-30-20(25)15-7-9-16(10-8-15)21-19(24)14(3)22(31(4,28)29)18-12-17(23(26)27)11-6-13(18)2/h6-12,14H,5H2,1-4H3,(H,21,24). The summed E-state index contributed by atoms with van der Waals surface area (Å²) in [7, 11) is -3.96. The molecule has 0 spiro atoms. The Morgan fingerprint density at radius 3 is 2.32 bits per heavy atom. The molecule has 0 aliphatic heterocycles. The molecule has 0 aliphatic carbocycles. The van der Waals surface area contributed by atoms with E-state index in [9.17, 15) is 28.1 Å². The molecule has 10 nitrogen and oxygen atoms in total. The highest BCUT2D eigenvalue weighted by molar-refractivity contribution is 7.92. The van der Waals surface area contributed by atoms with Crippen LogP contribution in [0.15, 0.2) is 42.5 Å². The molecule has 31 heavy (non-hydrogen) atoms. The molecule has 0 saturated heterocycles. The lowest BCUT2D eigenvalue weighted by Crippen LogP contribution is -2.45. The number of rotatable bonds is 8. The van der Waals surface area contributed by atoms with E-state index < -0.39 is 32.9 Å². The molecule has 0 saturated carbocycles. The van der Waals surface area contributed by atoms with Crippen molar-refractivity contribution >= 4 is 39.0 Å². The third-order valence-electron chi connectivity index (χ3n) is 4.39. The molecule has 2 rings (SSSR count). The minimum atomic E-state index is -3.96. The van der Waals surface area contributed by atoms with E-state index in [-0.39, 0.29) is 18.0 Å². The van der Waals surface area contributed by atoms with Crippen LogP contribution in [0.2, 0.25) is 0 Å². The van der Waals surface area contributed by atoms with Gasteiger partial charge in [-0.1, -0.05) is 6.07 Å². The van der Waals surface area contributed by atoms with Gasteiger partial charge in [-0.3, -0.25) is 19.2 Å². The van der Waals surface area contributed by atoms with Gasteiger partial charge in [0.1, 0.15) is 6.04 Å². The van der Waals surface area contributed by atoms with Crippen LogP contribution in [0.3, 0.4) is 0 Å². The minimum Gasteiger partial charge on any atom is -0.462 e. The maximum atomic E-state index is 12.8. The first-order chi connectivity index (χ1) is 14.5. The van der Waals surface area contributed by atoms with Crippen LogP contribution in [-0.4, -0.2) is 44.1 Å². The van der Waals surface area contributed by atoms with Gasteiger partial charge in [0.05, 0.1) is 29.0 Å². The highest BCUT2D eigenvalue weighted by atomic mass is 32.2. The van der Waals surface area contributed by atoms with Gasteiger partial charge in [-0.25, -0.2) is 13.2 Å².